The summed E-state index contributed by atoms with van der Waals surface area (Å²) < 4.78 is 0. The predicted molar refractivity (Wildman–Crippen MR) is 86.2 cm³/mol. The smallest absolute Gasteiger partial charge is 0.272 e. The molecule has 6 heteroatoms. The van der Waals surface area contributed by atoms with Crippen LogP contribution in [0.15, 0.2) is 35.7 Å². The van der Waals surface area contributed by atoms with Crippen LogP contribution < -0.4 is 0 Å². The van der Waals surface area contributed by atoms with E-state index < -0.39 is 0 Å². The number of carbonyl (C=O) groups excluding carboxylic acids is 1. The molecule has 23 heavy (non-hydrogen) atoms. The Labute approximate surface area is 134 Å². The van der Waals surface area contributed by atoms with Crippen LogP contribution in [0.5, 0.6) is 0 Å². The maximum atomic E-state index is 12.7. The lowest BCUT2D eigenvalue weighted by Gasteiger charge is -2.31. The van der Waals surface area contributed by atoms with Gasteiger partial charge in [0.15, 0.2) is 0 Å². The van der Waals surface area contributed by atoms with Crippen molar-refractivity contribution >= 4 is 22.5 Å². The quantitative estimate of drug-likeness (QED) is 0.853. The van der Waals surface area contributed by atoms with Crippen LogP contribution in [0.25, 0.3) is 10.9 Å². The molecule has 1 amide bonds. The van der Waals surface area contributed by atoms with Gasteiger partial charge < -0.3 is 9.74 Å². The molecule has 2 aliphatic heterocycles. The Morgan fingerprint density at radius 2 is 2.09 bits per heavy atom. The second-order valence-corrected chi connectivity index (χ2v) is 6.00. The maximum Gasteiger partial charge on any atom is 0.272 e. The number of likely N-dealkylation sites (tertiary alicyclic amines) is 1. The van der Waals surface area contributed by atoms with E-state index in [-0.39, 0.29) is 5.91 Å². The zero-order valence-electron chi connectivity index (χ0n) is 12.8. The first-order valence-corrected chi connectivity index (χ1v) is 8.00. The first-order chi connectivity index (χ1) is 11.3. The molecule has 1 fully saturated rings. The minimum atomic E-state index is -0.00110. The standard InChI is InChI=1S/C17H18N4O2/c22-17(15-2-1-12-3-7-18-11-16(12)19-15)21-8-4-13(5-9-21)14-6-10-23-20-14/h1-3,7,11,13H,4-6,8-10H2. The zero-order chi connectivity index (χ0) is 15.6. The molecule has 1 saturated heterocycles. The van der Waals surface area contributed by atoms with Crippen LogP contribution in [0.2, 0.25) is 0 Å². The monoisotopic (exact) mass is 310 g/mol. The summed E-state index contributed by atoms with van der Waals surface area (Å²) in [4.78, 5) is 28.1. The molecule has 6 nitrogen and oxygen atoms in total. The molecule has 0 aliphatic carbocycles. The van der Waals surface area contributed by atoms with Gasteiger partial charge in [0, 0.05) is 37.0 Å². The number of nitrogens with zero attached hydrogens (tertiary/aromatic N) is 4. The van der Waals surface area contributed by atoms with Gasteiger partial charge >= 0.3 is 0 Å². The number of hydrogen-bond donors (Lipinski definition) is 0. The highest BCUT2D eigenvalue weighted by Gasteiger charge is 2.28. The van der Waals surface area contributed by atoms with Crippen molar-refractivity contribution in [3.63, 3.8) is 0 Å². The van der Waals surface area contributed by atoms with E-state index in [1.54, 1.807) is 18.5 Å². The third-order valence-electron chi connectivity index (χ3n) is 4.60. The summed E-state index contributed by atoms with van der Waals surface area (Å²) >= 11 is 0. The number of oxime groups is 1. The van der Waals surface area contributed by atoms with Gasteiger partial charge in [-0.25, -0.2) is 4.98 Å². The van der Waals surface area contributed by atoms with E-state index >= 15 is 0 Å². The summed E-state index contributed by atoms with van der Waals surface area (Å²) in [6, 6.07) is 5.62. The first-order valence-electron chi connectivity index (χ1n) is 8.00. The number of piperidine rings is 1. The second kappa shape index (κ2) is 5.95. The largest absolute Gasteiger partial charge is 0.395 e. The van der Waals surface area contributed by atoms with Gasteiger partial charge in [0.05, 0.1) is 17.4 Å². The molecule has 2 aromatic heterocycles. The van der Waals surface area contributed by atoms with E-state index in [0.29, 0.717) is 18.2 Å². The normalized spacial score (nSPS) is 18.8. The average Bonchev–Trinajstić information content (AvgIpc) is 3.15. The molecular formula is C17H18N4O2. The molecule has 0 saturated carbocycles. The number of rotatable bonds is 2. The van der Waals surface area contributed by atoms with Crippen molar-refractivity contribution in [3.05, 3.63) is 36.3 Å². The van der Waals surface area contributed by atoms with Crippen molar-refractivity contribution < 1.29 is 9.63 Å². The molecule has 0 unspecified atom stereocenters. The first kappa shape index (κ1) is 14.1. The Bertz CT molecular complexity index is 766. The molecule has 0 atom stereocenters. The molecule has 0 bridgehead atoms. The number of fused-ring (bicyclic) bond motifs is 1. The Kier molecular flexibility index (Phi) is 3.65. The molecule has 118 valence electrons. The van der Waals surface area contributed by atoms with Gasteiger partial charge in [0.2, 0.25) is 0 Å². The van der Waals surface area contributed by atoms with Crippen LogP contribution in [0, 0.1) is 5.92 Å². The number of carbonyl (C=O) groups is 1. The minimum Gasteiger partial charge on any atom is -0.395 e. The summed E-state index contributed by atoms with van der Waals surface area (Å²) in [6.45, 7) is 2.19. The van der Waals surface area contributed by atoms with Crippen LogP contribution in [-0.4, -0.2) is 46.2 Å². The summed E-state index contributed by atoms with van der Waals surface area (Å²) in [7, 11) is 0. The van der Waals surface area contributed by atoms with Gasteiger partial charge in [0.1, 0.15) is 12.3 Å². The summed E-state index contributed by atoms with van der Waals surface area (Å²) in [5, 5.41) is 5.11. The fourth-order valence-corrected chi connectivity index (χ4v) is 3.27. The maximum absolute atomic E-state index is 12.7. The summed E-state index contributed by atoms with van der Waals surface area (Å²) in [5.74, 6) is 0.453. The van der Waals surface area contributed by atoms with Crippen molar-refractivity contribution in [3.8, 4) is 0 Å². The second-order valence-electron chi connectivity index (χ2n) is 6.00. The van der Waals surface area contributed by atoms with Gasteiger partial charge in [-0.1, -0.05) is 11.2 Å². The highest BCUT2D eigenvalue weighted by Crippen LogP contribution is 2.24. The third kappa shape index (κ3) is 2.76. The minimum absolute atomic E-state index is 0.00110. The number of amides is 1. The van der Waals surface area contributed by atoms with E-state index in [4.69, 9.17) is 4.84 Å². The summed E-state index contributed by atoms with van der Waals surface area (Å²) in [6.07, 6.45) is 6.24. The lowest BCUT2D eigenvalue weighted by molar-refractivity contribution is 0.0704. The van der Waals surface area contributed by atoms with Gasteiger partial charge in [0.25, 0.3) is 5.91 Å². The van der Waals surface area contributed by atoms with Crippen LogP contribution in [0.1, 0.15) is 29.8 Å². The summed E-state index contributed by atoms with van der Waals surface area (Å²) in [5.41, 5.74) is 2.41. The van der Waals surface area contributed by atoms with E-state index in [1.165, 1.54) is 0 Å². The number of aromatic nitrogens is 2. The molecule has 0 N–H and O–H groups in total. The molecule has 2 aromatic rings. The van der Waals surface area contributed by atoms with E-state index in [9.17, 15) is 4.79 Å². The fourth-order valence-electron chi connectivity index (χ4n) is 3.27. The highest BCUT2D eigenvalue weighted by molar-refractivity contribution is 5.95. The Balaban J connectivity index is 1.46. The molecule has 0 aromatic carbocycles. The SMILES string of the molecule is O=C(c1ccc2ccncc2n1)N1CCC(C2=NOCC2)CC1. The molecule has 0 spiro atoms. The van der Waals surface area contributed by atoms with Crippen LogP contribution >= 0.6 is 0 Å². The van der Waals surface area contributed by atoms with Crippen LogP contribution in [-0.2, 0) is 4.84 Å². The van der Waals surface area contributed by atoms with Crippen molar-refractivity contribution in [1.82, 2.24) is 14.9 Å². The van der Waals surface area contributed by atoms with Crippen LogP contribution in [0.3, 0.4) is 0 Å². The third-order valence-corrected chi connectivity index (χ3v) is 4.60. The highest BCUT2D eigenvalue weighted by atomic mass is 16.6. The lowest BCUT2D eigenvalue weighted by Crippen LogP contribution is -2.40. The van der Waals surface area contributed by atoms with Crippen molar-refractivity contribution in [2.24, 2.45) is 11.1 Å². The molecule has 2 aliphatic rings. The van der Waals surface area contributed by atoms with E-state index in [0.717, 1.165) is 49.0 Å². The number of pyridine rings is 2. The molecule has 4 rings (SSSR count). The topological polar surface area (TPSA) is 67.7 Å². The zero-order valence-corrected chi connectivity index (χ0v) is 12.8. The van der Waals surface area contributed by atoms with E-state index in [2.05, 4.69) is 15.1 Å². The Hall–Kier alpha value is -2.50. The lowest BCUT2D eigenvalue weighted by atomic mass is 9.90. The van der Waals surface area contributed by atoms with Crippen molar-refractivity contribution in [1.29, 1.82) is 0 Å². The number of hydrogen-bond acceptors (Lipinski definition) is 5. The van der Waals surface area contributed by atoms with Crippen molar-refractivity contribution in [2.75, 3.05) is 19.7 Å². The molecule has 4 heterocycles. The average molecular weight is 310 g/mol. The fraction of sp³-hybridized carbons (Fsp3) is 0.412. The predicted octanol–water partition coefficient (Wildman–Crippen LogP) is 2.26. The van der Waals surface area contributed by atoms with Gasteiger partial charge in [-0.3, -0.25) is 9.78 Å². The van der Waals surface area contributed by atoms with E-state index in [1.807, 2.05) is 17.0 Å². The Morgan fingerprint density at radius 1 is 1.22 bits per heavy atom. The molecule has 0 radical (unpaired) electrons. The van der Waals surface area contributed by atoms with Gasteiger partial charge in [-0.2, -0.15) is 0 Å². The van der Waals surface area contributed by atoms with Crippen LogP contribution in [0.4, 0.5) is 0 Å². The van der Waals surface area contributed by atoms with Gasteiger partial charge in [-0.15, -0.1) is 0 Å². The molecular weight excluding hydrogens is 292 g/mol. The van der Waals surface area contributed by atoms with Crippen molar-refractivity contribution in [2.45, 2.75) is 19.3 Å². The Morgan fingerprint density at radius 3 is 2.87 bits per heavy atom. The van der Waals surface area contributed by atoms with Gasteiger partial charge in [-0.05, 0) is 25.0 Å².